The zero-order chi connectivity index (χ0) is 20.5. The summed E-state index contributed by atoms with van der Waals surface area (Å²) >= 11 is 0. The molecule has 0 radical (unpaired) electrons. The first-order chi connectivity index (χ1) is 14.2. The van der Waals surface area contributed by atoms with E-state index < -0.39 is 0 Å². The monoisotopic (exact) mass is 396 g/mol. The van der Waals surface area contributed by atoms with Gasteiger partial charge in [0.1, 0.15) is 5.75 Å². The van der Waals surface area contributed by atoms with Crippen LogP contribution in [-0.2, 0) is 11.3 Å². The van der Waals surface area contributed by atoms with E-state index >= 15 is 0 Å². The number of hydrogen-bond acceptors (Lipinski definition) is 4. The molecule has 1 fully saturated rings. The van der Waals surface area contributed by atoms with Crippen LogP contribution in [0.15, 0.2) is 59.6 Å². The minimum Gasteiger partial charge on any atom is -0.497 e. The first-order valence-corrected chi connectivity index (χ1v) is 10.1. The van der Waals surface area contributed by atoms with Crippen LogP contribution in [-0.4, -0.2) is 69.8 Å². The predicted octanol–water partition coefficient (Wildman–Crippen LogP) is 2.78. The Kier molecular flexibility index (Phi) is 7.90. The van der Waals surface area contributed by atoms with Gasteiger partial charge in [0.2, 0.25) is 0 Å². The maximum Gasteiger partial charge on any atom is 0.193 e. The molecule has 156 valence electrons. The third kappa shape index (κ3) is 6.21. The van der Waals surface area contributed by atoms with Crippen LogP contribution in [0.1, 0.15) is 17.2 Å². The molecule has 0 saturated carbocycles. The third-order valence-corrected chi connectivity index (χ3v) is 5.12. The van der Waals surface area contributed by atoms with Crippen LogP contribution in [0.5, 0.6) is 5.75 Å². The van der Waals surface area contributed by atoms with Gasteiger partial charge >= 0.3 is 0 Å². The molecule has 1 atom stereocenters. The lowest BCUT2D eigenvalue weighted by molar-refractivity contribution is 0.0169. The van der Waals surface area contributed by atoms with Crippen LogP contribution in [0.3, 0.4) is 0 Å². The van der Waals surface area contributed by atoms with E-state index in [-0.39, 0.29) is 6.04 Å². The number of rotatable bonds is 7. The molecular weight excluding hydrogens is 364 g/mol. The first-order valence-electron chi connectivity index (χ1n) is 10.1. The Labute approximate surface area is 174 Å². The van der Waals surface area contributed by atoms with Crippen molar-refractivity contribution in [3.05, 3.63) is 65.7 Å². The number of aliphatic imine (C=N–C) groups is 1. The van der Waals surface area contributed by atoms with Crippen LogP contribution in [0, 0.1) is 0 Å². The number of morpholine rings is 1. The molecule has 0 spiro atoms. The average molecular weight is 397 g/mol. The van der Waals surface area contributed by atoms with Gasteiger partial charge in [0.25, 0.3) is 0 Å². The molecule has 1 aliphatic heterocycles. The van der Waals surface area contributed by atoms with E-state index in [0.29, 0.717) is 6.54 Å². The second kappa shape index (κ2) is 10.8. The molecular formula is C23H32N4O2. The van der Waals surface area contributed by atoms with Crippen molar-refractivity contribution >= 4 is 5.96 Å². The number of nitrogens with one attached hydrogen (secondary N) is 1. The van der Waals surface area contributed by atoms with Crippen molar-refractivity contribution in [3.63, 3.8) is 0 Å². The van der Waals surface area contributed by atoms with Crippen molar-refractivity contribution < 1.29 is 9.47 Å². The fraction of sp³-hybridized carbons (Fsp3) is 0.435. The molecule has 29 heavy (non-hydrogen) atoms. The lowest BCUT2D eigenvalue weighted by atomic mass is 10.0. The molecule has 1 aliphatic rings. The summed E-state index contributed by atoms with van der Waals surface area (Å²) in [6.07, 6.45) is 0. The molecule has 2 aromatic carbocycles. The topological polar surface area (TPSA) is 49.3 Å². The van der Waals surface area contributed by atoms with E-state index in [2.05, 4.69) is 34.5 Å². The van der Waals surface area contributed by atoms with Gasteiger partial charge < -0.3 is 19.7 Å². The van der Waals surface area contributed by atoms with E-state index in [9.17, 15) is 0 Å². The van der Waals surface area contributed by atoms with E-state index in [1.807, 2.05) is 49.3 Å². The molecule has 0 bridgehead atoms. The highest BCUT2D eigenvalue weighted by Crippen LogP contribution is 2.23. The van der Waals surface area contributed by atoms with Gasteiger partial charge in [0.05, 0.1) is 32.9 Å². The SMILES string of the molecule is COc1ccc(C(CNC(=NCc2ccccc2)N(C)C)N2CCOCC2)cc1. The Morgan fingerprint density at radius 2 is 1.79 bits per heavy atom. The Morgan fingerprint density at radius 1 is 1.10 bits per heavy atom. The van der Waals surface area contributed by atoms with Crippen molar-refractivity contribution in [1.29, 1.82) is 0 Å². The minimum absolute atomic E-state index is 0.242. The van der Waals surface area contributed by atoms with Gasteiger partial charge in [-0.3, -0.25) is 4.90 Å². The second-order valence-electron chi connectivity index (χ2n) is 7.34. The third-order valence-electron chi connectivity index (χ3n) is 5.12. The van der Waals surface area contributed by atoms with Gasteiger partial charge in [-0.25, -0.2) is 4.99 Å². The molecule has 1 N–H and O–H groups in total. The normalized spacial score (nSPS) is 16.3. The molecule has 1 saturated heterocycles. The van der Waals surface area contributed by atoms with Crippen LogP contribution >= 0.6 is 0 Å². The van der Waals surface area contributed by atoms with E-state index in [1.165, 1.54) is 11.1 Å². The maximum atomic E-state index is 5.56. The lowest BCUT2D eigenvalue weighted by Crippen LogP contribution is -2.46. The summed E-state index contributed by atoms with van der Waals surface area (Å²) in [5, 5.41) is 3.58. The zero-order valence-corrected chi connectivity index (χ0v) is 17.7. The highest BCUT2D eigenvalue weighted by molar-refractivity contribution is 5.79. The average Bonchev–Trinajstić information content (AvgIpc) is 2.77. The predicted molar refractivity (Wildman–Crippen MR) is 117 cm³/mol. The number of nitrogens with zero attached hydrogens (tertiary/aromatic N) is 3. The molecule has 3 rings (SSSR count). The van der Waals surface area contributed by atoms with E-state index in [1.54, 1.807) is 7.11 Å². The molecule has 0 aliphatic carbocycles. The van der Waals surface area contributed by atoms with E-state index in [4.69, 9.17) is 14.5 Å². The van der Waals surface area contributed by atoms with Crippen LogP contribution in [0.2, 0.25) is 0 Å². The Bertz CT molecular complexity index is 756. The minimum atomic E-state index is 0.242. The fourth-order valence-electron chi connectivity index (χ4n) is 3.47. The second-order valence-corrected chi connectivity index (χ2v) is 7.34. The molecule has 1 heterocycles. The van der Waals surface area contributed by atoms with Gasteiger partial charge in [-0.1, -0.05) is 42.5 Å². The highest BCUT2D eigenvalue weighted by Gasteiger charge is 2.23. The van der Waals surface area contributed by atoms with Gasteiger partial charge in [-0.15, -0.1) is 0 Å². The smallest absolute Gasteiger partial charge is 0.193 e. The molecule has 2 aromatic rings. The molecule has 6 heteroatoms. The van der Waals surface area contributed by atoms with Crippen molar-refractivity contribution in [2.24, 2.45) is 4.99 Å². The summed E-state index contributed by atoms with van der Waals surface area (Å²) in [7, 11) is 5.74. The summed E-state index contributed by atoms with van der Waals surface area (Å²) in [6.45, 7) is 4.84. The molecule has 1 unspecified atom stereocenters. The highest BCUT2D eigenvalue weighted by atomic mass is 16.5. The summed E-state index contributed by atoms with van der Waals surface area (Å²) < 4.78 is 10.9. The summed E-state index contributed by atoms with van der Waals surface area (Å²) in [5.41, 5.74) is 2.47. The van der Waals surface area contributed by atoms with Crippen LogP contribution in [0.4, 0.5) is 0 Å². The van der Waals surface area contributed by atoms with E-state index in [0.717, 1.165) is 44.6 Å². The Hall–Kier alpha value is -2.57. The molecule has 0 aromatic heterocycles. The van der Waals surface area contributed by atoms with Gasteiger partial charge in [-0.05, 0) is 23.3 Å². The number of ether oxygens (including phenoxy) is 2. The zero-order valence-electron chi connectivity index (χ0n) is 17.7. The Morgan fingerprint density at radius 3 is 2.41 bits per heavy atom. The standard InChI is InChI=1S/C23H32N4O2/c1-26(2)23(24-17-19-7-5-4-6-8-19)25-18-22(27-13-15-29-16-14-27)20-9-11-21(28-3)12-10-20/h4-12,22H,13-18H2,1-3H3,(H,24,25). The summed E-state index contributed by atoms with van der Waals surface area (Å²) in [6, 6.07) is 18.9. The first kappa shape index (κ1) is 21.1. The quantitative estimate of drug-likeness (QED) is 0.576. The number of hydrogen-bond donors (Lipinski definition) is 1. The largest absolute Gasteiger partial charge is 0.497 e. The van der Waals surface area contributed by atoms with Gasteiger partial charge in [0, 0.05) is 33.7 Å². The summed E-state index contributed by atoms with van der Waals surface area (Å²) in [4.78, 5) is 9.31. The van der Waals surface area contributed by atoms with Gasteiger partial charge in [-0.2, -0.15) is 0 Å². The number of benzene rings is 2. The lowest BCUT2D eigenvalue weighted by Gasteiger charge is -2.35. The van der Waals surface area contributed by atoms with Crippen molar-refractivity contribution in [2.45, 2.75) is 12.6 Å². The summed E-state index contributed by atoms with van der Waals surface area (Å²) in [5.74, 6) is 1.77. The maximum absolute atomic E-state index is 5.56. The Balaban J connectivity index is 1.72. The van der Waals surface area contributed by atoms with Crippen LogP contribution < -0.4 is 10.1 Å². The fourth-order valence-corrected chi connectivity index (χ4v) is 3.47. The molecule has 6 nitrogen and oxygen atoms in total. The van der Waals surface area contributed by atoms with Gasteiger partial charge in [0.15, 0.2) is 5.96 Å². The molecule has 0 amide bonds. The number of methoxy groups -OCH3 is 1. The van der Waals surface area contributed by atoms with Crippen molar-refractivity contribution in [3.8, 4) is 5.75 Å². The van der Waals surface area contributed by atoms with Crippen molar-refractivity contribution in [2.75, 3.05) is 54.1 Å². The van der Waals surface area contributed by atoms with Crippen molar-refractivity contribution in [1.82, 2.24) is 15.1 Å². The van der Waals surface area contributed by atoms with Crippen LogP contribution in [0.25, 0.3) is 0 Å². The number of guanidine groups is 1.